The molecule has 0 aliphatic heterocycles. The number of amides is 2. The van der Waals surface area contributed by atoms with Gasteiger partial charge in [-0.3, -0.25) is 24.3 Å². The number of carbonyl (C=O) groups is 2. The first kappa shape index (κ1) is 18.4. The van der Waals surface area contributed by atoms with Crippen LogP contribution in [0.4, 0.5) is 17.1 Å². The third-order valence-corrected chi connectivity index (χ3v) is 4.53. The molecule has 148 valence electrons. The molecule has 0 saturated heterocycles. The van der Waals surface area contributed by atoms with Crippen LogP contribution in [0.25, 0.3) is 11.1 Å². The topological polar surface area (TPSA) is 136 Å². The number of nitro benzene ring substituents is 1. The first-order valence-electron chi connectivity index (χ1n) is 8.89. The van der Waals surface area contributed by atoms with Gasteiger partial charge in [0.15, 0.2) is 5.58 Å². The highest BCUT2D eigenvalue weighted by Gasteiger charge is 2.29. The molecule has 0 radical (unpaired) electrons. The van der Waals surface area contributed by atoms with Gasteiger partial charge in [-0.1, -0.05) is 6.07 Å². The molecule has 2 amide bonds. The molecule has 10 heteroatoms. The van der Waals surface area contributed by atoms with Gasteiger partial charge in [0.1, 0.15) is 6.54 Å². The molecule has 0 unspecified atom stereocenters. The number of rotatable bonds is 6. The lowest BCUT2D eigenvalue weighted by Crippen LogP contribution is -2.24. The van der Waals surface area contributed by atoms with Crippen molar-refractivity contribution >= 4 is 40.0 Å². The summed E-state index contributed by atoms with van der Waals surface area (Å²) in [5, 5.41) is 16.3. The number of carbonyl (C=O) groups excluding carboxylic acids is 2. The van der Waals surface area contributed by atoms with Crippen molar-refractivity contribution in [3.63, 3.8) is 0 Å². The summed E-state index contributed by atoms with van der Waals surface area (Å²) in [6.07, 6.45) is 1.78. The molecular weight excluding hydrogens is 380 g/mol. The van der Waals surface area contributed by atoms with Crippen molar-refractivity contribution < 1.29 is 18.9 Å². The fraction of sp³-hybridized carbons (Fsp3) is 0.211. The first-order chi connectivity index (χ1) is 13.9. The minimum atomic E-state index is -0.791. The van der Waals surface area contributed by atoms with Crippen LogP contribution in [-0.4, -0.2) is 21.3 Å². The Balaban J connectivity index is 1.48. The maximum absolute atomic E-state index is 12.4. The van der Waals surface area contributed by atoms with Gasteiger partial charge in [-0.05, 0) is 37.1 Å². The Labute approximate surface area is 163 Å². The van der Waals surface area contributed by atoms with Crippen molar-refractivity contribution in [3.05, 3.63) is 63.1 Å². The van der Waals surface area contributed by atoms with Crippen LogP contribution in [0.5, 0.6) is 0 Å². The average Bonchev–Trinajstić information content (AvgIpc) is 3.47. The number of anilines is 2. The lowest BCUT2D eigenvalue weighted by molar-refractivity contribution is -0.384. The number of fused-ring (bicyclic) bond motifs is 1. The van der Waals surface area contributed by atoms with Crippen LogP contribution in [0.1, 0.15) is 12.8 Å². The first-order valence-corrected chi connectivity index (χ1v) is 8.89. The smallest absolute Gasteiger partial charge is 0.407 e. The zero-order valence-electron chi connectivity index (χ0n) is 15.1. The molecule has 0 bridgehead atoms. The van der Waals surface area contributed by atoms with E-state index in [0.29, 0.717) is 11.4 Å². The van der Waals surface area contributed by atoms with Crippen molar-refractivity contribution in [2.45, 2.75) is 19.4 Å². The Morgan fingerprint density at radius 1 is 1.14 bits per heavy atom. The molecule has 0 atom stereocenters. The van der Waals surface area contributed by atoms with Gasteiger partial charge in [0, 0.05) is 23.4 Å². The van der Waals surface area contributed by atoms with E-state index in [2.05, 4.69) is 10.6 Å². The second kappa shape index (κ2) is 7.23. The molecular formula is C19H16N4O6. The van der Waals surface area contributed by atoms with E-state index >= 15 is 0 Å². The Bertz CT molecular complexity index is 1190. The van der Waals surface area contributed by atoms with Crippen molar-refractivity contribution in [2.75, 3.05) is 10.6 Å². The maximum atomic E-state index is 12.4. The largest absolute Gasteiger partial charge is 0.420 e. The second-order valence-electron chi connectivity index (χ2n) is 6.76. The van der Waals surface area contributed by atoms with Gasteiger partial charge in [-0.15, -0.1) is 0 Å². The van der Waals surface area contributed by atoms with E-state index in [1.54, 1.807) is 24.3 Å². The van der Waals surface area contributed by atoms with Crippen LogP contribution in [0.3, 0.4) is 0 Å². The molecule has 10 nitrogen and oxygen atoms in total. The molecule has 1 fully saturated rings. The maximum Gasteiger partial charge on any atom is 0.420 e. The SMILES string of the molecule is O=C(Cn1c(=O)oc2cc([N+](=O)[O-])ccc21)Nc1cccc(NC(=O)C2CC2)c1. The number of hydrogen-bond donors (Lipinski definition) is 2. The molecule has 1 aliphatic rings. The van der Waals surface area contributed by atoms with Crippen molar-refractivity contribution in [1.29, 1.82) is 0 Å². The summed E-state index contributed by atoms with van der Waals surface area (Å²) < 4.78 is 6.10. The molecule has 2 aromatic carbocycles. The van der Waals surface area contributed by atoms with Gasteiger partial charge in [0.2, 0.25) is 11.8 Å². The lowest BCUT2D eigenvalue weighted by atomic mass is 10.2. The molecule has 2 N–H and O–H groups in total. The van der Waals surface area contributed by atoms with Crippen LogP contribution in [0, 0.1) is 16.0 Å². The Hall–Kier alpha value is -3.95. The van der Waals surface area contributed by atoms with Crippen molar-refractivity contribution in [1.82, 2.24) is 4.57 Å². The Morgan fingerprint density at radius 2 is 1.86 bits per heavy atom. The van der Waals surface area contributed by atoms with Gasteiger partial charge in [0.25, 0.3) is 5.69 Å². The normalized spacial score (nSPS) is 13.2. The van der Waals surface area contributed by atoms with Crippen LogP contribution < -0.4 is 16.4 Å². The molecule has 29 heavy (non-hydrogen) atoms. The minimum Gasteiger partial charge on any atom is -0.407 e. The van der Waals surface area contributed by atoms with Crippen LogP contribution in [-0.2, 0) is 16.1 Å². The van der Waals surface area contributed by atoms with E-state index in [9.17, 15) is 24.5 Å². The predicted octanol–water partition coefficient (Wildman–Crippen LogP) is 2.49. The molecule has 1 aromatic heterocycles. The highest BCUT2D eigenvalue weighted by Crippen LogP contribution is 2.30. The third kappa shape index (κ3) is 4.00. The predicted molar refractivity (Wildman–Crippen MR) is 104 cm³/mol. The fourth-order valence-electron chi connectivity index (χ4n) is 2.93. The molecule has 1 saturated carbocycles. The molecule has 1 heterocycles. The minimum absolute atomic E-state index is 0.0294. The van der Waals surface area contributed by atoms with E-state index < -0.39 is 16.6 Å². The van der Waals surface area contributed by atoms with Crippen LogP contribution >= 0.6 is 0 Å². The number of benzene rings is 2. The summed E-state index contributed by atoms with van der Waals surface area (Å²) in [4.78, 5) is 46.5. The lowest BCUT2D eigenvalue weighted by Gasteiger charge is -2.09. The van der Waals surface area contributed by atoms with Crippen LogP contribution in [0.15, 0.2) is 51.7 Å². The Morgan fingerprint density at radius 3 is 2.55 bits per heavy atom. The highest BCUT2D eigenvalue weighted by atomic mass is 16.6. The van der Waals surface area contributed by atoms with E-state index in [0.717, 1.165) is 23.5 Å². The molecule has 4 rings (SSSR count). The van der Waals surface area contributed by atoms with Crippen LogP contribution in [0.2, 0.25) is 0 Å². The van der Waals surface area contributed by atoms with Crippen molar-refractivity contribution in [3.8, 4) is 0 Å². The summed E-state index contributed by atoms with van der Waals surface area (Å²) in [5.41, 5.74) is 1.12. The van der Waals surface area contributed by atoms with Gasteiger partial charge >= 0.3 is 5.76 Å². The molecule has 3 aromatic rings. The van der Waals surface area contributed by atoms with E-state index in [1.807, 2.05) is 0 Å². The number of nitrogens with one attached hydrogen (secondary N) is 2. The summed E-state index contributed by atoms with van der Waals surface area (Å²) in [6, 6.07) is 10.4. The third-order valence-electron chi connectivity index (χ3n) is 4.53. The van der Waals surface area contributed by atoms with Gasteiger partial charge < -0.3 is 15.1 Å². The summed E-state index contributed by atoms with van der Waals surface area (Å²) in [6.45, 7) is -0.331. The summed E-state index contributed by atoms with van der Waals surface area (Å²) in [5.74, 6) is -1.26. The van der Waals surface area contributed by atoms with E-state index in [-0.39, 0.29) is 35.2 Å². The zero-order chi connectivity index (χ0) is 20.5. The molecule has 0 spiro atoms. The van der Waals surface area contributed by atoms with Gasteiger partial charge in [0.05, 0.1) is 16.5 Å². The van der Waals surface area contributed by atoms with E-state index in [1.165, 1.54) is 12.1 Å². The average molecular weight is 396 g/mol. The second-order valence-corrected chi connectivity index (χ2v) is 6.76. The van der Waals surface area contributed by atoms with Gasteiger partial charge in [-0.25, -0.2) is 4.79 Å². The number of aromatic nitrogens is 1. The Kier molecular flexibility index (Phi) is 4.59. The summed E-state index contributed by atoms with van der Waals surface area (Å²) >= 11 is 0. The number of oxazole rings is 1. The summed E-state index contributed by atoms with van der Waals surface area (Å²) in [7, 11) is 0. The zero-order valence-corrected chi connectivity index (χ0v) is 15.1. The highest BCUT2D eigenvalue weighted by molar-refractivity contribution is 5.96. The number of hydrogen-bond acceptors (Lipinski definition) is 6. The number of nitro groups is 1. The monoisotopic (exact) mass is 396 g/mol. The quantitative estimate of drug-likeness (QED) is 0.485. The van der Waals surface area contributed by atoms with Gasteiger partial charge in [-0.2, -0.15) is 0 Å². The van der Waals surface area contributed by atoms with E-state index in [4.69, 9.17) is 4.42 Å². The fourth-order valence-corrected chi connectivity index (χ4v) is 2.93. The molecule has 1 aliphatic carbocycles. The standard InChI is InChI=1S/C19H16N4O6/c24-17(20-12-2-1-3-13(8-12)21-18(25)11-4-5-11)10-22-15-7-6-14(23(27)28)9-16(15)29-19(22)26/h1-3,6-9,11H,4-5,10H2,(H,20,24)(H,21,25). The van der Waals surface area contributed by atoms with Crippen molar-refractivity contribution in [2.24, 2.45) is 5.92 Å². The number of nitrogens with zero attached hydrogens (tertiary/aromatic N) is 2. The number of non-ortho nitro benzene ring substituents is 1.